The Morgan fingerprint density at radius 1 is 1.22 bits per heavy atom. The fourth-order valence-corrected chi connectivity index (χ4v) is 1.56. The van der Waals surface area contributed by atoms with Gasteiger partial charge in [-0.1, -0.05) is 30.3 Å². The molecule has 0 fully saturated rings. The molecule has 1 atom stereocenters. The van der Waals surface area contributed by atoms with Crippen molar-refractivity contribution in [2.75, 3.05) is 0 Å². The summed E-state index contributed by atoms with van der Waals surface area (Å²) in [7, 11) is 0. The van der Waals surface area contributed by atoms with Crippen LogP contribution in [0.3, 0.4) is 0 Å². The Balaban J connectivity index is 2.57. The molecule has 100 valence electrons. The maximum atomic E-state index is 11.6. The van der Waals surface area contributed by atoms with Crippen molar-refractivity contribution < 1.29 is 14.6 Å². The van der Waals surface area contributed by atoms with Crippen LogP contribution >= 0.6 is 0 Å². The smallest absolute Gasteiger partial charge is 0.409 e. The first kappa shape index (κ1) is 14.5. The van der Waals surface area contributed by atoms with Crippen LogP contribution in [0.15, 0.2) is 30.3 Å². The van der Waals surface area contributed by atoms with Gasteiger partial charge in [-0.05, 0) is 33.3 Å². The monoisotopic (exact) mass is 251 g/mol. The number of benzene rings is 1. The fourth-order valence-electron chi connectivity index (χ4n) is 1.56. The van der Waals surface area contributed by atoms with Gasteiger partial charge in [0.2, 0.25) is 0 Å². The van der Waals surface area contributed by atoms with E-state index in [-0.39, 0.29) is 0 Å². The van der Waals surface area contributed by atoms with Gasteiger partial charge in [-0.15, -0.1) is 0 Å². The lowest BCUT2D eigenvalue weighted by Gasteiger charge is -2.27. The van der Waals surface area contributed by atoms with Crippen LogP contribution in [0.2, 0.25) is 0 Å². The van der Waals surface area contributed by atoms with Gasteiger partial charge in [0.1, 0.15) is 11.3 Å². The molecule has 1 unspecified atom stereocenters. The molecule has 1 aromatic carbocycles. The summed E-state index contributed by atoms with van der Waals surface area (Å²) < 4.78 is 5.10. The summed E-state index contributed by atoms with van der Waals surface area (Å²) in [6, 6.07) is 9.47. The van der Waals surface area contributed by atoms with E-state index < -0.39 is 17.4 Å². The second-order valence-electron chi connectivity index (χ2n) is 5.56. The zero-order valence-corrected chi connectivity index (χ0v) is 11.4. The quantitative estimate of drug-likeness (QED) is 0.811. The van der Waals surface area contributed by atoms with Crippen LogP contribution in [0.5, 0.6) is 0 Å². The molecule has 1 amide bonds. The Morgan fingerprint density at radius 2 is 1.78 bits per heavy atom. The zero-order valence-electron chi connectivity index (χ0n) is 11.4. The second kappa shape index (κ2) is 5.40. The van der Waals surface area contributed by atoms with Crippen LogP contribution in [0.1, 0.15) is 33.3 Å². The van der Waals surface area contributed by atoms with Crippen molar-refractivity contribution in [1.82, 2.24) is 5.32 Å². The molecule has 4 heteroatoms. The minimum absolute atomic E-state index is 0.326. The lowest BCUT2D eigenvalue weighted by Crippen LogP contribution is -2.49. The normalized spacial score (nSPS) is 14.7. The molecule has 4 nitrogen and oxygen atoms in total. The summed E-state index contributed by atoms with van der Waals surface area (Å²) in [6.07, 6.45) is -0.295. The predicted molar refractivity (Wildman–Crippen MR) is 70.1 cm³/mol. The van der Waals surface area contributed by atoms with Crippen LogP contribution < -0.4 is 5.32 Å². The molecule has 18 heavy (non-hydrogen) atoms. The van der Waals surface area contributed by atoms with E-state index in [0.29, 0.717) is 6.42 Å². The molecule has 0 saturated heterocycles. The minimum Gasteiger partial charge on any atom is -0.444 e. The van der Waals surface area contributed by atoms with Gasteiger partial charge < -0.3 is 9.84 Å². The van der Waals surface area contributed by atoms with Crippen molar-refractivity contribution in [2.45, 2.75) is 45.4 Å². The number of rotatable bonds is 3. The van der Waals surface area contributed by atoms with E-state index in [0.717, 1.165) is 5.56 Å². The molecule has 1 aromatic rings. The van der Waals surface area contributed by atoms with Gasteiger partial charge in [0.05, 0.1) is 0 Å². The SMILES string of the molecule is CC(O)(Cc1ccccc1)NC(=O)OC(C)(C)C. The Bertz CT molecular complexity index is 393. The van der Waals surface area contributed by atoms with Gasteiger partial charge >= 0.3 is 6.09 Å². The molecule has 0 aromatic heterocycles. The van der Waals surface area contributed by atoms with Gasteiger partial charge in [0.15, 0.2) is 0 Å². The summed E-state index contributed by atoms with van der Waals surface area (Å²) in [5.41, 5.74) is -0.963. The third-order valence-electron chi connectivity index (χ3n) is 2.16. The summed E-state index contributed by atoms with van der Waals surface area (Å²) in [4.78, 5) is 11.6. The van der Waals surface area contributed by atoms with E-state index in [1.54, 1.807) is 27.7 Å². The van der Waals surface area contributed by atoms with E-state index in [9.17, 15) is 9.90 Å². The Labute approximate surface area is 108 Å². The van der Waals surface area contributed by atoms with Crippen molar-refractivity contribution in [3.63, 3.8) is 0 Å². The van der Waals surface area contributed by atoms with E-state index >= 15 is 0 Å². The Hall–Kier alpha value is -1.55. The summed E-state index contributed by atoms with van der Waals surface area (Å²) in [5, 5.41) is 12.6. The molecule has 0 saturated carbocycles. The van der Waals surface area contributed by atoms with Crippen LogP contribution in [-0.2, 0) is 11.2 Å². The maximum Gasteiger partial charge on any atom is 0.409 e. The molecular weight excluding hydrogens is 230 g/mol. The van der Waals surface area contributed by atoms with E-state index in [4.69, 9.17) is 4.74 Å². The molecule has 0 aliphatic carbocycles. The number of nitrogens with one attached hydrogen (secondary N) is 1. The lowest BCUT2D eigenvalue weighted by molar-refractivity contribution is -0.00209. The third kappa shape index (κ3) is 5.68. The van der Waals surface area contributed by atoms with Gasteiger partial charge in [0, 0.05) is 6.42 Å². The van der Waals surface area contributed by atoms with Crippen LogP contribution in [0, 0.1) is 0 Å². The highest BCUT2D eigenvalue weighted by Crippen LogP contribution is 2.12. The molecular formula is C14H21NO3. The van der Waals surface area contributed by atoms with Crippen LogP contribution in [0.4, 0.5) is 4.79 Å². The third-order valence-corrected chi connectivity index (χ3v) is 2.16. The van der Waals surface area contributed by atoms with E-state index in [2.05, 4.69) is 5.32 Å². The van der Waals surface area contributed by atoms with Crippen molar-refractivity contribution >= 4 is 6.09 Å². The Morgan fingerprint density at radius 3 is 2.28 bits per heavy atom. The largest absolute Gasteiger partial charge is 0.444 e. The van der Waals surface area contributed by atoms with Crippen LogP contribution in [0.25, 0.3) is 0 Å². The van der Waals surface area contributed by atoms with Crippen molar-refractivity contribution in [3.05, 3.63) is 35.9 Å². The summed E-state index contributed by atoms with van der Waals surface area (Å²) >= 11 is 0. The van der Waals surface area contributed by atoms with Gasteiger partial charge in [-0.25, -0.2) is 4.79 Å². The zero-order chi connectivity index (χ0) is 13.8. The molecule has 0 spiro atoms. The van der Waals surface area contributed by atoms with Crippen molar-refractivity contribution in [3.8, 4) is 0 Å². The highest BCUT2D eigenvalue weighted by atomic mass is 16.6. The molecule has 0 aliphatic heterocycles. The molecule has 0 aliphatic rings. The number of ether oxygens (including phenoxy) is 1. The number of aliphatic hydroxyl groups is 1. The van der Waals surface area contributed by atoms with Crippen LogP contribution in [-0.4, -0.2) is 22.5 Å². The predicted octanol–water partition coefficient (Wildman–Crippen LogP) is 2.46. The molecule has 0 bridgehead atoms. The first-order valence-corrected chi connectivity index (χ1v) is 5.95. The van der Waals surface area contributed by atoms with Crippen molar-refractivity contribution in [2.24, 2.45) is 0 Å². The lowest BCUT2D eigenvalue weighted by atomic mass is 10.0. The maximum absolute atomic E-state index is 11.6. The fraction of sp³-hybridized carbons (Fsp3) is 0.500. The molecule has 2 N–H and O–H groups in total. The summed E-state index contributed by atoms with van der Waals surface area (Å²) in [6.45, 7) is 6.87. The highest BCUT2D eigenvalue weighted by Gasteiger charge is 2.26. The number of amides is 1. The van der Waals surface area contributed by atoms with E-state index in [1.807, 2.05) is 30.3 Å². The average Bonchev–Trinajstić information content (AvgIpc) is 2.13. The van der Waals surface area contributed by atoms with Gasteiger partial charge in [-0.3, -0.25) is 5.32 Å². The number of alkyl carbamates (subject to hydrolysis) is 1. The number of carbonyl (C=O) groups excluding carboxylic acids is 1. The first-order chi connectivity index (χ1) is 8.18. The van der Waals surface area contributed by atoms with E-state index in [1.165, 1.54) is 0 Å². The highest BCUT2D eigenvalue weighted by molar-refractivity contribution is 5.68. The Kier molecular flexibility index (Phi) is 4.35. The van der Waals surface area contributed by atoms with Gasteiger partial charge in [0.25, 0.3) is 0 Å². The minimum atomic E-state index is -1.33. The number of hydrogen-bond donors (Lipinski definition) is 2. The second-order valence-corrected chi connectivity index (χ2v) is 5.56. The number of hydrogen-bond acceptors (Lipinski definition) is 3. The molecule has 0 radical (unpaired) electrons. The topological polar surface area (TPSA) is 58.6 Å². The van der Waals surface area contributed by atoms with Crippen molar-refractivity contribution in [1.29, 1.82) is 0 Å². The standard InChI is InChI=1S/C14H21NO3/c1-13(2,3)18-12(16)15-14(4,17)10-11-8-6-5-7-9-11/h5-9,17H,10H2,1-4H3,(H,15,16). The molecule has 1 rings (SSSR count). The number of carbonyl (C=O) groups is 1. The average molecular weight is 251 g/mol. The summed E-state index contributed by atoms with van der Waals surface area (Å²) in [5.74, 6) is 0. The van der Waals surface area contributed by atoms with Gasteiger partial charge in [-0.2, -0.15) is 0 Å². The first-order valence-electron chi connectivity index (χ1n) is 5.95. The molecule has 0 heterocycles.